The van der Waals surface area contributed by atoms with E-state index in [9.17, 15) is 0 Å². The first kappa shape index (κ1) is 14.6. The van der Waals surface area contributed by atoms with Crippen LogP contribution < -0.4 is 5.32 Å². The summed E-state index contributed by atoms with van der Waals surface area (Å²) in [6, 6.07) is 4.03. The fraction of sp³-hybridized carbons (Fsp3) is 0.615. The Labute approximate surface area is 112 Å². The zero-order valence-corrected chi connectivity index (χ0v) is 12.0. The minimum Gasteiger partial charge on any atom is -0.381 e. The van der Waals surface area contributed by atoms with E-state index in [1.807, 2.05) is 18.3 Å². The summed E-state index contributed by atoms with van der Waals surface area (Å²) in [6.07, 6.45) is 5.24. The average Bonchev–Trinajstić information content (AvgIpc) is 2.35. The Morgan fingerprint density at radius 2 is 2.12 bits per heavy atom. The van der Waals surface area contributed by atoms with Crippen molar-refractivity contribution in [3.8, 4) is 0 Å². The molecular formula is C13H21BrN2O. The molecule has 0 fully saturated rings. The molecule has 0 saturated carbocycles. The number of halogens is 1. The van der Waals surface area contributed by atoms with E-state index in [0.717, 1.165) is 49.3 Å². The van der Waals surface area contributed by atoms with Crippen molar-refractivity contribution in [1.82, 2.24) is 10.3 Å². The smallest absolute Gasteiger partial charge is 0.0542 e. The number of unbranched alkanes of at least 4 members (excludes halogenated alkanes) is 1. The van der Waals surface area contributed by atoms with Gasteiger partial charge in [-0.3, -0.25) is 4.98 Å². The van der Waals surface area contributed by atoms with Gasteiger partial charge in [-0.1, -0.05) is 13.3 Å². The van der Waals surface area contributed by atoms with Crippen LogP contribution in [-0.4, -0.2) is 24.7 Å². The normalized spacial score (nSPS) is 10.7. The fourth-order valence-electron chi connectivity index (χ4n) is 1.38. The van der Waals surface area contributed by atoms with E-state index >= 15 is 0 Å². The molecular weight excluding hydrogens is 280 g/mol. The van der Waals surface area contributed by atoms with E-state index in [-0.39, 0.29) is 0 Å². The maximum absolute atomic E-state index is 5.48. The number of pyridine rings is 1. The van der Waals surface area contributed by atoms with Crippen molar-refractivity contribution in [2.75, 3.05) is 19.8 Å². The third-order valence-electron chi connectivity index (χ3n) is 2.38. The van der Waals surface area contributed by atoms with Crippen LogP contribution in [0.1, 0.15) is 31.9 Å². The van der Waals surface area contributed by atoms with Crippen molar-refractivity contribution >= 4 is 15.9 Å². The Kier molecular flexibility index (Phi) is 8.22. The van der Waals surface area contributed by atoms with Gasteiger partial charge in [0, 0.05) is 30.4 Å². The molecule has 0 aliphatic carbocycles. The molecule has 1 rings (SSSR count). The summed E-state index contributed by atoms with van der Waals surface area (Å²) in [5.41, 5.74) is 1.07. The van der Waals surface area contributed by atoms with E-state index < -0.39 is 0 Å². The van der Waals surface area contributed by atoms with Gasteiger partial charge >= 0.3 is 0 Å². The Hall–Kier alpha value is -0.450. The quantitative estimate of drug-likeness (QED) is 0.712. The predicted octanol–water partition coefficient (Wildman–Crippen LogP) is 3.14. The van der Waals surface area contributed by atoms with E-state index in [4.69, 9.17) is 4.74 Å². The van der Waals surface area contributed by atoms with Crippen molar-refractivity contribution in [1.29, 1.82) is 0 Å². The van der Waals surface area contributed by atoms with E-state index in [1.54, 1.807) is 0 Å². The molecule has 96 valence electrons. The van der Waals surface area contributed by atoms with Gasteiger partial charge in [0.2, 0.25) is 0 Å². The fourth-order valence-corrected chi connectivity index (χ4v) is 1.61. The van der Waals surface area contributed by atoms with Crippen molar-refractivity contribution in [2.24, 2.45) is 0 Å². The number of rotatable bonds is 9. The van der Waals surface area contributed by atoms with E-state index in [0.29, 0.717) is 0 Å². The number of aromatic nitrogens is 1. The number of hydrogen-bond acceptors (Lipinski definition) is 3. The van der Waals surface area contributed by atoms with Gasteiger partial charge in [-0.2, -0.15) is 0 Å². The SMILES string of the molecule is CCCCOCCCNCc1ccc(Br)cn1. The van der Waals surface area contributed by atoms with Crippen molar-refractivity contribution in [3.05, 3.63) is 28.5 Å². The topological polar surface area (TPSA) is 34.1 Å². The molecule has 0 aliphatic heterocycles. The zero-order valence-electron chi connectivity index (χ0n) is 10.4. The molecule has 0 saturated heterocycles. The zero-order chi connectivity index (χ0) is 12.3. The molecule has 0 unspecified atom stereocenters. The summed E-state index contributed by atoms with van der Waals surface area (Å²) in [5.74, 6) is 0. The highest BCUT2D eigenvalue weighted by molar-refractivity contribution is 9.10. The molecule has 0 bridgehead atoms. The number of nitrogens with zero attached hydrogens (tertiary/aromatic N) is 1. The highest BCUT2D eigenvalue weighted by Gasteiger charge is 1.94. The molecule has 1 N–H and O–H groups in total. The molecule has 0 aliphatic rings. The van der Waals surface area contributed by atoms with Crippen molar-refractivity contribution < 1.29 is 4.74 Å². The van der Waals surface area contributed by atoms with Crippen molar-refractivity contribution in [2.45, 2.75) is 32.7 Å². The average molecular weight is 301 g/mol. The van der Waals surface area contributed by atoms with Crippen molar-refractivity contribution in [3.63, 3.8) is 0 Å². The summed E-state index contributed by atoms with van der Waals surface area (Å²) in [4.78, 5) is 4.30. The maximum Gasteiger partial charge on any atom is 0.0542 e. The van der Waals surface area contributed by atoms with Crippen LogP contribution in [0.2, 0.25) is 0 Å². The first-order valence-corrected chi connectivity index (χ1v) is 7.01. The largest absolute Gasteiger partial charge is 0.381 e. The number of hydrogen-bond donors (Lipinski definition) is 1. The van der Waals surface area contributed by atoms with Gasteiger partial charge in [0.25, 0.3) is 0 Å². The van der Waals surface area contributed by atoms with Gasteiger partial charge in [0.1, 0.15) is 0 Å². The van der Waals surface area contributed by atoms with Crippen LogP contribution in [0.5, 0.6) is 0 Å². The highest BCUT2D eigenvalue weighted by Crippen LogP contribution is 2.06. The van der Waals surface area contributed by atoms with Gasteiger partial charge in [-0.05, 0) is 47.4 Å². The monoisotopic (exact) mass is 300 g/mol. The van der Waals surface area contributed by atoms with Crippen LogP contribution in [0.15, 0.2) is 22.8 Å². The molecule has 3 nitrogen and oxygen atoms in total. The number of nitrogens with one attached hydrogen (secondary N) is 1. The standard InChI is InChI=1S/C13H21BrN2O/c1-2-3-8-17-9-4-7-15-11-13-6-5-12(14)10-16-13/h5-6,10,15H,2-4,7-9,11H2,1H3. The van der Waals surface area contributed by atoms with Crippen LogP contribution in [0, 0.1) is 0 Å². The molecule has 0 amide bonds. The maximum atomic E-state index is 5.48. The molecule has 0 radical (unpaired) electrons. The second-order valence-electron chi connectivity index (χ2n) is 3.96. The minimum absolute atomic E-state index is 0.822. The summed E-state index contributed by atoms with van der Waals surface area (Å²) >= 11 is 3.37. The molecule has 17 heavy (non-hydrogen) atoms. The lowest BCUT2D eigenvalue weighted by Gasteiger charge is -2.05. The Balaban J connectivity index is 1.95. The lowest BCUT2D eigenvalue weighted by molar-refractivity contribution is 0.128. The first-order valence-electron chi connectivity index (χ1n) is 6.22. The van der Waals surface area contributed by atoms with E-state index in [2.05, 4.69) is 33.2 Å². The predicted molar refractivity (Wildman–Crippen MR) is 74.0 cm³/mol. The van der Waals surface area contributed by atoms with Crippen LogP contribution in [0.3, 0.4) is 0 Å². The minimum atomic E-state index is 0.822. The lowest BCUT2D eigenvalue weighted by atomic mass is 10.3. The van der Waals surface area contributed by atoms with Crippen LogP contribution >= 0.6 is 15.9 Å². The molecule has 1 aromatic rings. The van der Waals surface area contributed by atoms with E-state index in [1.165, 1.54) is 6.42 Å². The number of ether oxygens (including phenoxy) is 1. The molecule has 0 spiro atoms. The Bertz CT molecular complexity index is 290. The third kappa shape index (κ3) is 7.47. The lowest BCUT2D eigenvalue weighted by Crippen LogP contribution is -2.17. The molecule has 0 atom stereocenters. The van der Waals surface area contributed by atoms with Gasteiger partial charge in [-0.15, -0.1) is 0 Å². The summed E-state index contributed by atoms with van der Waals surface area (Å²) in [6.45, 7) is 5.72. The summed E-state index contributed by atoms with van der Waals surface area (Å²) in [5, 5.41) is 3.35. The van der Waals surface area contributed by atoms with Crippen LogP contribution in [0.25, 0.3) is 0 Å². The van der Waals surface area contributed by atoms with Crippen LogP contribution in [0.4, 0.5) is 0 Å². The summed E-state index contributed by atoms with van der Waals surface area (Å²) in [7, 11) is 0. The molecule has 4 heteroatoms. The third-order valence-corrected chi connectivity index (χ3v) is 2.85. The molecule has 1 heterocycles. The Morgan fingerprint density at radius 1 is 1.29 bits per heavy atom. The molecule has 1 aromatic heterocycles. The highest BCUT2D eigenvalue weighted by atomic mass is 79.9. The summed E-state index contributed by atoms with van der Waals surface area (Å²) < 4.78 is 6.50. The van der Waals surface area contributed by atoms with Gasteiger partial charge in [0.05, 0.1) is 5.69 Å². The van der Waals surface area contributed by atoms with Gasteiger partial charge in [-0.25, -0.2) is 0 Å². The van der Waals surface area contributed by atoms with Gasteiger partial charge in [0.15, 0.2) is 0 Å². The van der Waals surface area contributed by atoms with Gasteiger partial charge < -0.3 is 10.1 Å². The first-order chi connectivity index (χ1) is 8.33. The second kappa shape index (κ2) is 9.57. The second-order valence-corrected chi connectivity index (χ2v) is 4.88. The van der Waals surface area contributed by atoms with Crippen LogP contribution in [-0.2, 0) is 11.3 Å². The Morgan fingerprint density at radius 3 is 2.82 bits per heavy atom. The molecule has 0 aromatic carbocycles.